The van der Waals surface area contributed by atoms with Crippen molar-refractivity contribution in [3.05, 3.63) is 73.2 Å². The van der Waals surface area contributed by atoms with Crippen LogP contribution in [0.2, 0.25) is 0 Å². The van der Waals surface area contributed by atoms with Crippen LogP contribution in [0, 0.1) is 42.3 Å². The largest absolute Gasteiger partial charge is 0.358 e. The molecule has 0 aliphatic carbocycles. The zero-order valence-electron chi connectivity index (χ0n) is 11.8. The molecular weight excluding hydrogens is 331 g/mol. The summed E-state index contributed by atoms with van der Waals surface area (Å²) in [6, 6.07) is 13.6. The van der Waals surface area contributed by atoms with Gasteiger partial charge in [-0.05, 0) is 39.8 Å². The van der Waals surface area contributed by atoms with E-state index in [1.165, 1.54) is 25.8 Å². The summed E-state index contributed by atoms with van der Waals surface area (Å²) in [6.07, 6.45) is 0. The number of hydrogen-bond acceptors (Lipinski definition) is 0. The zero-order valence-corrected chi connectivity index (χ0v) is 14.0. The Hall–Kier alpha value is -0.830. The van der Waals surface area contributed by atoms with Gasteiger partial charge in [-0.15, -0.1) is 0 Å². The van der Waals surface area contributed by atoms with Crippen molar-refractivity contribution in [1.82, 2.24) is 0 Å². The minimum atomic E-state index is -0.0403. The molecule has 0 atom stereocenters. The van der Waals surface area contributed by atoms with Crippen LogP contribution in [0.15, 0.2) is 36.4 Å². The Morgan fingerprint density at radius 3 is 1.72 bits per heavy atom. The first-order chi connectivity index (χ1) is 8.06. The predicted molar refractivity (Wildman–Crippen MR) is 75.6 cm³/mol. The van der Waals surface area contributed by atoms with E-state index in [0.717, 1.165) is 0 Å². The molecule has 2 aromatic carbocycles. The number of benzene rings is 2. The maximum atomic E-state index is 2.30. The van der Waals surface area contributed by atoms with Crippen molar-refractivity contribution in [3.8, 4) is 0 Å². The highest BCUT2D eigenvalue weighted by atomic mass is 127. The molecule has 0 bridgehead atoms. The van der Waals surface area contributed by atoms with Crippen LogP contribution < -0.4 is 21.2 Å². The standard InChI is InChI=1S/C16H18I.CH3/c1-11-5-7-15(8-6-11)17-16-13(3)9-12(2)10-14(16)4;/h5-10H,1-4H3;1H3/q+1;-1. The van der Waals surface area contributed by atoms with Gasteiger partial charge >= 0.3 is 21.2 Å². The summed E-state index contributed by atoms with van der Waals surface area (Å²) in [5.74, 6) is 0. The molecule has 96 valence electrons. The maximum absolute atomic E-state index is 2.30. The lowest BCUT2D eigenvalue weighted by atomic mass is 10.1. The highest BCUT2D eigenvalue weighted by Gasteiger charge is 2.20. The highest BCUT2D eigenvalue weighted by molar-refractivity contribution is 5.27. The fourth-order valence-electron chi connectivity index (χ4n) is 2.02. The predicted octanol–water partition coefficient (Wildman–Crippen LogP) is 1.50. The van der Waals surface area contributed by atoms with Crippen LogP contribution in [-0.2, 0) is 0 Å². The van der Waals surface area contributed by atoms with Gasteiger partial charge in [-0.3, -0.25) is 0 Å². The molecule has 18 heavy (non-hydrogen) atoms. The van der Waals surface area contributed by atoms with Gasteiger partial charge in [0.25, 0.3) is 0 Å². The van der Waals surface area contributed by atoms with Gasteiger partial charge in [-0.25, -0.2) is 0 Å². The average Bonchev–Trinajstić information content (AvgIpc) is 2.26. The van der Waals surface area contributed by atoms with E-state index >= 15 is 0 Å². The number of halogens is 1. The molecule has 0 aliphatic rings. The summed E-state index contributed by atoms with van der Waals surface area (Å²) < 4.78 is 3.09. The van der Waals surface area contributed by atoms with Gasteiger partial charge in [0.1, 0.15) is 0 Å². The molecule has 0 heterocycles. The van der Waals surface area contributed by atoms with Gasteiger partial charge in [-0.2, -0.15) is 0 Å². The number of aryl methyl sites for hydroxylation is 4. The molecule has 0 saturated carbocycles. The van der Waals surface area contributed by atoms with E-state index in [1.54, 1.807) is 3.57 Å². The molecule has 0 aromatic heterocycles. The molecule has 0 spiro atoms. The Morgan fingerprint density at radius 2 is 1.22 bits per heavy atom. The van der Waals surface area contributed by atoms with Crippen LogP contribution in [0.1, 0.15) is 22.3 Å². The Bertz CT molecular complexity index is 501. The van der Waals surface area contributed by atoms with Crippen molar-refractivity contribution in [3.63, 3.8) is 0 Å². The van der Waals surface area contributed by atoms with Crippen molar-refractivity contribution in [2.75, 3.05) is 0 Å². The lowest BCUT2D eigenvalue weighted by Crippen LogP contribution is -3.62. The van der Waals surface area contributed by atoms with E-state index in [1.807, 2.05) is 0 Å². The van der Waals surface area contributed by atoms with E-state index in [4.69, 9.17) is 0 Å². The van der Waals surface area contributed by atoms with Crippen molar-refractivity contribution < 1.29 is 21.2 Å². The molecule has 0 radical (unpaired) electrons. The first kappa shape index (κ1) is 15.2. The van der Waals surface area contributed by atoms with Crippen LogP contribution in [0.4, 0.5) is 0 Å². The first-order valence-corrected chi connectivity index (χ1v) is 8.01. The molecule has 0 aliphatic heterocycles. The van der Waals surface area contributed by atoms with Gasteiger partial charge in [0.15, 0.2) is 7.14 Å². The molecule has 0 fully saturated rings. The van der Waals surface area contributed by atoms with Crippen LogP contribution in [-0.4, -0.2) is 0 Å². The fourth-order valence-corrected chi connectivity index (χ4v) is 4.52. The normalized spacial score (nSPS) is 10.0. The molecule has 2 aromatic rings. The topological polar surface area (TPSA) is 0 Å². The van der Waals surface area contributed by atoms with Crippen LogP contribution in [0.25, 0.3) is 0 Å². The summed E-state index contributed by atoms with van der Waals surface area (Å²) in [5.41, 5.74) is 5.62. The third-order valence-corrected chi connectivity index (χ3v) is 6.38. The SMILES string of the molecule is Cc1ccc([I+]c2c(C)cc(C)cc2C)cc1.[CH3-]. The lowest BCUT2D eigenvalue weighted by Gasteiger charge is -2.00. The highest BCUT2D eigenvalue weighted by Crippen LogP contribution is 2.07. The van der Waals surface area contributed by atoms with Gasteiger partial charge in [0.2, 0.25) is 0 Å². The quantitative estimate of drug-likeness (QED) is 0.568. The van der Waals surface area contributed by atoms with Crippen LogP contribution >= 0.6 is 0 Å². The summed E-state index contributed by atoms with van der Waals surface area (Å²) in [6.45, 7) is 8.80. The number of rotatable bonds is 2. The van der Waals surface area contributed by atoms with Crippen molar-refractivity contribution in [2.24, 2.45) is 0 Å². The molecular formula is C17H21I. The first-order valence-electron chi connectivity index (χ1n) is 5.85. The molecule has 0 nitrogen and oxygen atoms in total. The Morgan fingerprint density at radius 1 is 0.722 bits per heavy atom. The maximum Gasteiger partial charge on any atom is 0.358 e. The van der Waals surface area contributed by atoms with Gasteiger partial charge in [0, 0.05) is 11.1 Å². The fraction of sp³-hybridized carbons (Fsp3) is 0.235. The van der Waals surface area contributed by atoms with E-state index in [-0.39, 0.29) is 28.6 Å². The molecule has 0 saturated heterocycles. The summed E-state index contributed by atoms with van der Waals surface area (Å²) in [4.78, 5) is 0. The zero-order chi connectivity index (χ0) is 12.4. The van der Waals surface area contributed by atoms with Crippen LogP contribution in [0.5, 0.6) is 0 Å². The van der Waals surface area contributed by atoms with Gasteiger partial charge < -0.3 is 7.43 Å². The van der Waals surface area contributed by atoms with E-state index in [9.17, 15) is 0 Å². The third-order valence-electron chi connectivity index (χ3n) is 2.80. The Balaban J connectivity index is 0.00000162. The summed E-state index contributed by atoms with van der Waals surface area (Å²) in [5, 5.41) is 0. The second kappa shape index (κ2) is 6.37. The van der Waals surface area contributed by atoms with Crippen LogP contribution in [0.3, 0.4) is 0 Å². The molecule has 0 amide bonds. The average molecular weight is 352 g/mol. The van der Waals surface area contributed by atoms with Crippen molar-refractivity contribution >= 4 is 0 Å². The molecule has 0 unspecified atom stereocenters. The number of hydrogen-bond donors (Lipinski definition) is 0. The third kappa shape index (κ3) is 3.58. The minimum Gasteiger partial charge on any atom is -0.358 e. The van der Waals surface area contributed by atoms with Gasteiger partial charge in [0.05, 0.1) is 0 Å². The monoisotopic (exact) mass is 352 g/mol. The van der Waals surface area contributed by atoms with E-state index < -0.39 is 0 Å². The van der Waals surface area contributed by atoms with Gasteiger partial charge in [-0.1, -0.05) is 35.4 Å². The van der Waals surface area contributed by atoms with E-state index in [2.05, 4.69) is 64.1 Å². The summed E-state index contributed by atoms with van der Waals surface area (Å²) in [7, 11) is 0. The Labute approximate surface area is 122 Å². The second-order valence-electron chi connectivity index (χ2n) is 4.60. The minimum absolute atomic E-state index is 0. The Kier molecular flexibility index (Phi) is 5.39. The summed E-state index contributed by atoms with van der Waals surface area (Å²) >= 11 is -0.0403. The smallest absolute Gasteiger partial charge is 0.358 e. The second-order valence-corrected chi connectivity index (χ2v) is 7.47. The molecule has 1 heteroatoms. The van der Waals surface area contributed by atoms with Crippen molar-refractivity contribution in [1.29, 1.82) is 0 Å². The van der Waals surface area contributed by atoms with Crippen molar-refractivity contribution in [2.45, 2.75) is 27.7 Å². The molecule has 2 rings (SSSR count). The molecule has 0 N–H and O–H groups in total. The lowest BCUT2D eigenvalue weighted by molar-refractivity contribution is -0.598. The van der Waals surface area contributed by atoms with E-state index in [0.29, 0.717) is 0 Å².